The van der Waals surface area contributed by atoms with Gasteiger partial charge in [0.15, 0.2) is 5.58 Å². The highest BCUT2D eigenvalue weighted by atomic mass is 79.9. The molecule has 2 aromatic rings. The lowest BCUT2D eigenvalue weighted by molar-refractivity contribution is 0.550. The van der Waals surface area contributed by atoms with Crippen molar-refractivity contribution in [2.45, 2.75) is 17.4 Å². The van der Waals surface area contributed by atoms with Crippen LogP contribution >= 0.6 is 39.9 Å². The zero-order valence-electron chi connectivity index (χ0n) is 11.0. The number of fused-ring (bicyclic) bond motifs is 1. The largest absolute Gasteiger partial charge is 0.417 e. The normalized spacial score (nSPS) is 18.5. The molecule has 0 saturated carbocycles. The van der Waals surface area contributed by atoms with Crippen LogP contribution in [0.25, 0.3) is 11.1 Å². The van der Waals surface area contributed by atoms with Gasteiger partial charge in [0.2, 0.25) is 10.0 Å². The number of aromatic nitrogens is 1. The fourth-order valence-electron chi connectivity index (χ4n) is 2.28. The Morgan fingerprint density at radius 1 is 1.45 bits per heavy atom. The molecular weight excluding hydrogens is 421 g/mol. The number of H-pyrrole nitrogens is 1. The van der Waals surface area contributed by atoms with Gasteiger partial charge >= 0.3 is 5.76 Å². The van der Waals surface area contributed by atoms with Gasteiger partial charge in [-0.2, -0.15) is 0 Å². The molecule has 1 aromatic heterocycles. The van der Waals surface area contributed by atoms with E-state index in [4.69, 9.17) is 16.0 Å². The van der Waals surface area contributed by atoms with E-state index < -0.39 is 15.8 Å². The molecular formula is C11H12BrCl2N3O4S. The van der Waals surface area contributed by atoms with Crippen LogP contribution in [-0.2, 0) is 10.0 Å². The highest BCUT2D eigenvalue weighted by molar-refractivity contribution is 9.10. The second-order valence-electron chi connectivity index (χ2n) is 4.70. The van der Waals surface area contributed by atoms with Gasteiger partial charge in [0, 0.05) is 17.1 Å². The van der Waals surface area contributed by atoms with Crippen molar-refractivity contribution < 1.29 is 12.8 Å². The van der Waals surface area contributed by atoms with Crippen LogP contribution in [0.15, 0.2) is 24.6 Å². The van der Waals surface area contributed by atoms with E-state index >= 15 is 0 Å². The van der Waals surface area contributed by atoms with Crippen molar-refractivity contribution >= 4 is 61.1 Å². The molecule has 7 nitrogen and oxygen atoms in total. The lowest BCUT2D eigenvalue weighted by atomic mass is 10.3. The van der Waals surface area contributed by atoms with Crippen molar-refractivity contribution in [3.63, 3.8) is 0 Å². The van der Waals surface area contributed by atoms with E-state index in [1.165, 1.54) is 6.07 Å². The Bertz CT molecular complexity index is 858. The summed E-state index contributed by atoms with van der Waals surface area (Å²) in [5.41, 5.74) is 0.355. The molecule has 1 atom stereocenters. The van der Waals surface area contributed by atoms with Crippen LogP contribution in [0.1, 0.15) is 6.42 Å². The quantitative estimate of drug-likeness (QED) is 0.683. The van der Waals surface area contributed by atoms with Crippen molar-refractivity contribution in [3.8, 4) is 0 Å². The van der Waals surface area contributed by atoms with Crippen LogP contribution < -0.4 is 15.8 Å². The Labute approximate surface area is 145 Å². The van der Waals surface area contributed by atoms with Gasteiger partial charge in [-0.25, -0.2) is 17.9 Å². The highest BCUT2D eigenvalue weighted by Crippen LogP contribution is 2.35. The fourth-order valence-corrected chi connectivity index (χ4v) is 5.41. The predicted octanol–water partition coefficient (Wildman–Crippen LogP) is 1.60. The number of oxazole rings is 1. The smallest absolute Gasteiger partial charge is 0.406 e. The number of benzene rings is 1. The van der Waals surface area contributed by atoms with Crippen LogP contribution in [0, 0.1) is 0 Å². The molecule has 1 aliphatic rings. The lowest BCUT2D eigenvalue weighted by Gasteiger charge is -2.14. The molecule has 3 rings (SSSR count). The average Bonchev–Trinajstić information content (AvgIpc) is 2.97. The Kier molecular flexibility index (Phi) is 5.25. The van der Waals surface area contributed by atoms with Crippen molar-refractivity contribution in [1.82, 2.24) is 15.0 Å². The van der Waals surface area contributed by atoms with Crippen LogP contribution in [0.5, 0.6) is 0 Å². The van der Waals surface area contributed by atoms with Gasteiger partial charge in [0.05, 0.1) is 5.52 Å². The fraction of sp³-hybridized carbons (Fsp3) is 0.364. The third kappa shape index (κ3) is 3.19. The number of halogens is 3. The molecule has 0 bridgehead atoms. The zero-order chi connectivity index (χ0) is 15.2. The van der Waals surface area contributed by atoms with E-state index in [2.05, 4.69) is 31.0 Å². The maximum Gasteiger partial charge on any atom is 0.417 e. The number of rotatable bonds is 3. The van der Waals surface area contributed by atoms with Gasteiger partial charge in [-0.15, -0.1) is 12.4 Å². The summed E-state index contributed by atoms with van der Waals surface area (Å²) in [6, 6.07) is 1.26. The summed E-state index contributed by atoms with van der Waals surface area (Å²) < 4.78 is 32.7. The molecule has 0 aliphatic carbocycles. The molecule has 0 spiro atoms. The molecule has 1 fully saturated rings. The number of aromatic amines is 1. The van der Waals surface area contributed by atoms with Crippen molar-refractivity contribution in [1.29, 1.82) is 0 Å². The topological polar surface area (TPSA) is 104 Å². The number of hydrogen-bond donors (Lipinski definition) is 3. The molecule has 11 heteroatoms. The summed E-state index contributed by atoms with van der Waals surface area (Å²) in [5, 5.41) is 2.94. The molecule has 1 unspecified atom stereocenters. The first-order valence-corrected chi connectivity index (χ1v) is 8.78. The molecule has 2 heterocycles. The first-order chi connectivity index (χ1) is 9.88. The summed E-state index contributed by atoms with van der Waals surface area (Å²) in [5.74, 6) is -0.693. The van der Waals surface area contributed by atoms with E-state index in [0.717, 1.165) is 6.54 Å². The van der Waals surface area contributed by atoms with Crippen LogP contribution in [0.4, 0.5) is 0 Å². The third-order valence-electron chi connectivity index (χ3n) is 3.21. The second-order valence-corrected chi connectivity index (χ2v) is 7.59. The SMILES string of the molecule is Cl.O=c1[nH]c2cc(Br)c(S(=O)(=O)NC3CCNC3)c(Cl)c2o1. The van der Waals surface area contributed by atoms with E-state index in [9.17, 15) is 13.2 Å². The number of sulfonamides is 1. The predicted molar refractivity (Wildman–Crippen MR) is 88.4 cm³/mol. The summed E-state index contributed by atoms with van der Waals surface area (Å²) in [4.78, 5) is 13.5. The molecule has 0 amide bonds. The Morgan fingerprint density at radius 3 is 2.82 bits per heavy atom. The second kappa shape index (κ2) is 6.50. The van der Waals surface area contributed by atoms with Gasteiger partial charge in [0.1, 0.15) is 9.92 Å². The molecule has 22 heavy (non-hydrogen) atoms. The van der Waals surface area contributed by atoms with Crippen LogP contribution in [0.3, 0.4) is 0 Å². The van der Waals surface area contributed by atoms with E-state index in [1.54, 1.807) is 0 Å². The van der Waals surface area contributed by atoms with E-state index in [0.29, 0.717) is 18.5 Å². The van der Waals surface area contributed by atoms with Gasteiger partial charge in [-0.1, -0.05) is 11.6 Å². The molecule has 1 saturated heterocycles. The summed E-state index contributed by atoms with van der Waals surface area (Å²) in [7, 11) is -3.83. The number of nitrogens with one attached hydrogen (secondary N) is 3. The minimum absolute atomic E-state index is 0. The van der Waals surface area contributed by atoms with Gasteiger partial charge in [0.25, 0.3) is 0 Å². The molecule has 3 N–H and O–H groups in total. The third-order valence-corrected chi connectivity index (χ3v) is 6.18. The Morgan fingerprint density at radius 2 is 2.18 bits per heavy atom. The van der Waals surface area contributed by atoms with Crippen LogP contribution in [0.2, 0.25) is 5.02 Å². The molecule has 0 radical (unpaired) electrons. The van der Waals surface area contributed by atoms with Gasteiger partial charge in [-0.3, -0.25) is 4.98 Å². The number of hydrogen-bond acceptors (Lipinski definition) is 5. The summed E-state index contributed by atoms with van der Waals surface area (Å²) >= 11 is 9.29. The first-order valence-electron chi connectivity index (χ1n) is 6.12. The maximum atomic E-state index is 12.5. The van der Waals surface area contributed by atoms with Crippen molar-refractivity contribution in [2.75, 3.05) is 13.1 Å². The van der Waals surface area contributed by atoms with Crippen molar-refractivity contribution in [3.05, 3.63) is 26.1 Å². The minimum Gasteiger partial charge on any atom is -0.406 e. The highest BCUT2D eigenvalue weighted by Gasteiger charge is 2.29. The monoisotopic (exact) mass is 431 g/mol. The minimum atomic E-state index is -3.83. The van der Waals surface area contributed by atoms with Gasteiger partial charge < -0.3 is 9.73 Å². The van der Waals surface area contributed by atoms with Crippen molar-refractivity contribution in [2.24, 2.45) is 0 Å². The van der Waals surface area contributed by atoms with E-state index in [-0.39, 0.29) is 38.4 Å². The standard InChI is InChI=1S/C11H11BrClN3O4S.ClH/c12-6-3-7-9(20-11(17)15-7)8(13)10(6)21(18,19)16-5-1-2-14-4-5;/h3,5,14,16H,1-2,4H2,(H,15,17);1H. The first kappa shape index (κ1) is 17.8. The Hall–Kier alpha value is -0.580. The summed E-state index contributed by atoms with van der Waals surface area (Å²) in [6.45, 7) is 1.32. The lowest BCUT2D eigenvalue weighted by Crippen LogP contribution is -2.36. The molecule has 1 aromatic carbocycles. The van der Waals surface area contributed by atoms with Crippen LogP contribution in [-0.4, -0.2) is 32.5 Å². The molecule has 1 aliphatic heterocycles. The van der Waals surface area contributed by atoms with Gasteiger partial charge in [-0.05, 0) is 35.0 Å². The average molecular weight is 433 g/mol. The Balaban J connectivity index is 0.00000176. The zero-order valence-corrected chi connectivity index (χ0v) is 15.0. The maximum absolute atomic E-state index is 12.5. The van der Waals surface area contributed by atoms with E-state index in [1.807, 2.05) is 0 Å². The summed E-state index contributed by atoms with van der Waals surface area (Å²) in [6.07, 6.45) is 0.704. The molecule has 122 valence electrons.